The zero-order chi connectivity index (χ0) is 24.2. The van der Waals surface area contributed by atoms with Gasteiger partial charge >= 0.3 is 0 Å². The molecule has 0 spiro atoms. The number of hydrogen-bond donors (Lipinski definition) is 2. The zero-order valence-electron chi connectivity index (χ0n) is 19.7. The Morgan fingerprint density at radius 1 is 0.361 bits per heavy atom. The molecule has 0 aliphatic rings. The Balaban J connectivity index is 1.60. The fraction of sp³-hybridized carbons (Fsp3) is 0. The summed E-state index contributed by atoms with van der Waals surface area (Å²) < 4.78 is 0. The number of rotatable bonds is 2. The molecular weight excluding hydrogens is 436 g/mol. The quantitative estimate of drug-likeness (QED) is 0.154. The molecule has 7 aromatic rings. The molecule has 2 nitrogen and oxygen atoms in total. The third-order valence-corrected chi connectivity index (χ3v) is 7.22. The van der Waals surface area contributed by atoms with Gasteiger partial charge in [-0.15, -0.1) is 0 Å². The monoisotopic (exact) mass is 460 g/mol. The smallest absolute Gasteiger partial charge is 0.0393 e. The van der Waals surface area contributed by atoms with E-state index in [0.717, 1.165) is 28.1 Å². The molecule has 4 N–H and O–H groups in total. The van der Waals surface area contributed by atoms with Crippen molar-refractivity contribution in [1.82, 2.24) is 0 Å². The number of para-hydroxylation sites is 1. The topological polar surface area (TPSA) is 52.0 Å². The van der Waals surface area contributed by atoms with Gasteiger partial charge in [0, 0.05) is 16.9 Å². The van der Waals surface area contributed by atoms with Crippen LogP contribution in [0.15, 0.2) is 121 Å². The summed E-state index contributed by atoms with van der Waals surface area (Å²) in [5.41, 5.74) is 18.5. The van der Waals surface area contributed by atoms with Gasteiger partial charge in [-0.05, 0) is 114 Å². The van der Waals surface area contributed by atoms with Crippen LogP contribution in [0.2, 0.25) is 0 Å². The van der Waals surface area contributed by atoms with Crippen molar-refractivity contribution in [2.24, 2.45) is 0 Å². The Morgan fingerprint density at radius 2 is 0.889 bits per heavy atom. The molecule has 0 unspecified atom stereocenters. The second-order valence-electron chi connectivity index (χ2n) is 9.52. The summed E-state index contributed by atoms with van der Waals surface area (Å²) >= 11 is 0. The average molecular weight is 461 g/mol. The van der Waals surface area contributed by atoms with Crippen molar-refractivity contribution in [3.63, 3.8) is 0 Å². The molecule has 0 fully saturated rings. The van der Waals surface area contributed by atoms with Gasteiger partial charge in [0.25, 0.3) is 0 Å². The van der Waals surface area contributed by atoms with E-state index in [1.165, 1.54) is 48.7 Å². The van der Waals surface area contributed by atoms with E-state index < -0.39 is 0 Å². The summed E-state index contributed by atoms with van der Waals surface area (Å²) in [7, 11) is 0. The fourth-order valence-corrected chi connectivity index (χ4v) is 5.49. The van der Waals surface area contributed by atoms with Crippen molar-refractivity contribution < 1.29 is 0 Å². The standard InChI is InChI=1S/C34H24N2/c35-28-15-25(29-11-5-6-12-34(29)36)14-26(16-28)31-20-27-13-21-7-1-2-8-22(21)17-30(27)32-18-23-9-3-4-10-24(23)19-33(31)32/h1-20H,35-36H2. The van der Waals surface area contributed by atoms with E-state index in [0.29, 0.717) is 0 Å². The summed E-state index contributed by atoms with van der Waals surface area (Å²) in [5.74, 6) is 0. The maximum atomic E-state index is 6.47. The van der Waals surface area contributed by atoms with E-state index in [-0.39, 0.29) is 0 Å². The van der Waals surface area contributed by atoms with Gasteiger partial charge in [0.15, 0.2) is 0 Å². The lowest BCUT2D eigenvalue weighted by molar-refractivity contribution is 1.60. The highest BCUT2D eigenvalue weighted by Crippen LogP contribution is 2.41. The van der Waals surface area contributed by atoms with Crippen LogP contribution in [-0.4, -0.2) is 0 Å². The van der Waals surface area contributed by atoms with E-state index in [9.17, 15) is 0 Å². The molecule has 0 bridgehead atoms. The first-order valence-electron chi connectivity index (χ1n) is 12.2. The first-order chi connectivity index (χ1) is 17.6. The van der Waals surface area contributed by atoms with Crippen LogP contribution in [-0.2, 0) is 0 Å². The molecule has 0 atom stereocenters. The molecule has 0 aromatic heterocycles. The molecule has 0 saturated heterocycles. The lowest BCUT2D eigenvalue weighted by Crippen LogP contribution is -1.93. The molecule has 0 aliphatic heterocycles. The molecule has 36 heavy (non-hydrogen) atoms. The van der Waals surface area contributed by atoms with Gasteiger partial charge in [0.2, 0.25) is 0 Å². The van der Waals surface area contributed by atoms with E-state index >= 15 is 0 Å². The molecule has 0 aliphatic carbocycles. The Kier molecular flexibility index (Phi) is 4.49. The number of benzene rings is 7. The summed E-state index contributed by atoms with van der Waals surface area (Å²) in [6.45, 7) is 0. The molecule has 7 rings (SSSR count). The van der Waals surface area contributed by atoms with Crippen molar-refractivity contribution in [2.75, 3.05) is 11.5 Å². The first-order valence-corrected chi connectivity index (χ1v) is 12.2. The Morgan fingerprint density at radius 3 is 1.56 bits per heavy atom. The van der Waals surface area contributed by atoms with Gasteiger partial charge in [-0.3, -0.25) is 0 Å². The summed E-state index contributed by atoms with van der Waals surface area (Å²) in [4.78, 5) is 0. The number of fused-ring (bicyclic) bond motifs is 5. The third kappa shape index (κ3) is 3.27. The summed E-state index contributed by atoms with van der Waals surface area (Å²) in [5, 5.41) is 9.89. The molecule has 7 aromatic carbocycles. The summed E-state index contributed by atoms with van der Waals surface area (Å²) in [6, 6.07) is 42.9. The molecule has 0 radical (unpaired) electrons. The zero-order valence-corrected chi connectivity index (χ0v) is 19.7. The van der Waals surface area contributed by atoms with Crippen LogP contribution in [0.25, 0.3) is 65.3 Å². The Hall–Kier alpha value is -4.82. The van der Waals surface area contributed by atoms with E-state index in [1.54, 1.807) is 0 Å². The predicted molar refractivity (Wildman–Crippen MR) is 156 cm³/mol. The van der Waals surface area contributed by atoms with E-state index in [2.05, 4.69) is 91.0 Å². The SMILES string of the molecule is Nc1cc(-c2ccccc2N)cc(-c2cc3cc4ccccc4cc3c3cc4ccccc4cc23)c1. The minimum atomic E-state index is 0.721. The number of anilines is 2. The van der Waals surface area contributed by atoms with Gasteiger partial charge in [-0.2, -0.15) is 0 Å². The van der Waals surface area contributed by atoms with Crippen LogP contribution >= 0.6 is 0 Å². The van der Waals surface area contributed by atoms with E-state index in [1.807, 2.05) is 30.3 Å². The van der Waals surface area contributed by atoms with Gasteiger partial charge in [-0.1, -0.05) is 66.7 Å². The highest BCUT2D eigenvalue weighted by molar-refractivity contribution is 6.20. The van der Waals surface area contributed by atoms with Crippen molar-refractivity contribution >= 4 is 54.5 Å². The van der Waals surface area contributed by atoms with Crippen LogP contribution in [0.3, 0.4) is 0 Å². The van der Waals surface area contributed by atoms with Gasteiger partial charge < -0.3 is 11.5 Å². The van der Waals surface area contributed by atoms with Crippen molar-refractivity contribution in [3.8, 4) is 22.3 Å². The maximum absolute atomic E-state index is 6.47. The number of hydrogen-bond acceptors (Lipinski definition) is 2. The molecule has 0 heterocycles. The van der Waals surface area contributed by atoms with Gasteiger partial charge in [-0.25, -0.2) is 0 Å². The normalized spacial score (nSPS) is 11.6. The number of nitrogen functional groups attached to an aromatic ring is 2. The second kappa shape index (κ2) is 7.86. The minimum absolute atomic E-state index is 0.721. The largest absolute Gasteiger partial charge is 0.399 e. The lowest BCUT2D eigenvalue weighted by Gasteiger charge is -2.15. The van der Waals surface area contributed by atoms with Crippen LogP contribution in [0.5, 0.6) is 0 Å². The van der Waals surface area contributed by atoms with Crippen LogP contribution in [0.1, 0.15) is 0 Å². The molecular formula is C34H24N2. The van der Waals surface area contributed by atoms with Crippen molar-refractivity contribution in [3.05, 3.63) is 121 Å². The Labute approximate surface area is 209 Å². The van der Waals surface area contributed by atoms with Gasteiger partial charge in [0.05, 0.1) is 0 Å². The predicted octanol–water partition coefficient (Wildman–Crippen LogP) is 8.80. The minimum Gasteiger partial charge on any atom is -0.399 e. The maximum Gasteiger partial charge on any atom is 0.0393 e. The van der Waals surface area contributed by atoms with Crippen molar-refractivity contribution in [2.45, 2.75) is 0 Å². The molecule has 170 valence electrons. The summed E-state index contributed by atoms with van der Waals surface area (Å²) in [6.07, 6.45) is 0. The Bertz CT molecular complexity index is 1970. The second-order valence-corrected chi connectivity index (χ2v) is 9.52. The average Bonchev–Trinajstić information content (AvgIpc) is 2.90. The van der Waals surface area contributed by atoms with Crippen LogP contribution in [0, 0.1) is 0 Å². The van der Waals surface area contributed by atoms with Crippen LogP contribution in [0.4, 0.5) is 11.4 Å². The van der Waals surface area contributed by atoms with E-state index in [4.69, 9.17) is 11.5 Å². The van der Waals surface area contributed by atoms with Crippen molar-refractivity contribution in [1.29, 1.82) is 0 Å². The highest BCUT2D eigenvalue weighted by Gasteiger charge is 2.13. The molecule has 0 saturated carbocycles. The molecule has 2 heteroatoms. The number of nitrogens with two attached hydrogens (primary N) is 2. The van der Waals surface area contributed by atoms with Gasteiger partial charge in [0.1, 0.15) is 0 Å². The third-order valence-electron chi connectivity index (χ3n) is 7.22. The highest BCUT2D eigenvalue weighted by atomic mass is 14.6. The lowest BCUT2D eigenvalue weighted by atomic mass is 9.89. The molecule has 0 amide bonds. The first kappa shape index (κ1) is 20.5. The van der Waals surface area contributed by atoms with Crippen LogP contribution < -0.4 is 11.5 Å². The fourth-order valence-electron chi connectivity index (χ4n) is 5.49.